The lowest BCUT2D eigenvalue weighted by molar-refractivity contribution is -0.137. The van der Waals surface area contributed by atoms with E-state index in [1.54, 1.807) is 30.3 Å². The van der Waals surface area contributed by atoms with Gasteiger partial charge in [-0.05, 0) is 72.1 Å². The number of pyridine rings is 1. The van der Waals surface area contributed by atoms with Gasteiger partial charge in [0.2, 0.25) is 0 Å². The van der Waals surface area contributed by atoms with Gasteiger partial charge in [0.25, 0.3) is 11.8 Å². The Morgan fingerprint density at radius 2 is 1.66 bits per heavy atom. The van der Waals surface area contributed by atoms with Crippen LogP contribution in [0.1, 0.15) is 57.2 Å². The predicted molar refractivity (Wildman–Crippen MR) is 161 cm³/mol. The summed E-state index contributed by atoms with van der Waals surface area (Å²) in [4.78, 5) is 30.8. The molecule has 2 heterocycles. The molecule has 2 amide bonds. The van der Waals surface area contributed by atoms with Crippen LogP contribution in [0.2, 0.25) is 0 Å². The van der Waals surface area contributed by atoms with Crippen LogP contribution in [0.4, 0.5) is 18.9 Å². The molecule has 228 valence electrons. The van der Waals surface area contributed by atoms with Crippen LogP contribution < -0.4 is 15.4 Å². The van der Waals surface area contributed by atoms with Gasteiger partial charge in [-0.25, -0.2) is 0 Å². The third-order valence-corrected chi connectivity index (χ3v) is 7.31. The van der Waals surface area contributed by atoms with Crippen molar-refractivity contribution < 1.29 is 32.2 Å². The zero-order valence-electron chi connectivity index (χ0n) is 24.1. The number of halogens is 3. The largest absolute Gasteiger partial charge is 0.490 e. The van der Waals surface area contributed by atoms with E-state index in [9.17, 15) is 22.8 Å². The first-order valence-electron chi connectivity index (χ1n) is 14.4. The maximum atomic E-state index is 13.2. The van der Waals surface area contributed by atoms with Crippen molar-refractivity contribution in [2.45, 2.75) is 45.0 Å². The van der Waals surface area contributed by atoms with E-state index in [1.807, 2.05) is 25.1 Å². The monoisotopic (exact) mass is 603 g/mol. The summed E-state index contributed by atoms with van der Waals surface area (Å²) in [7, 11) is 0. The number of nitrogens with one attached hydrogen (secondary N) is 2. The summed E-state index contributed by atoms with van der Waals surface area (Å²) >= 11 is 0. The van der Waals surface area contributed by atoms with Gasteiger partial charge in [-0.2, -0.15) is 13.2 Å². The Bertz CT molecular complexity index is 1630. The fourth-order valence-corrected chi connectivity index (χ4v) is 4.89. The second-order valence-corrected chi connectivity index (χ2v) is 10.5. The summed E-state index contributed by atoms with van der Waals surface area (Å²) in [6.45, 7) is 3.15. The van der Waals surface area contributed by atoms with E-state index in [0.717, 1.165) is 37.0 Å². The average Bonchev–Trinajstić information content (AvgIpc) is 3.04. The van der Waals surface area contributed by atoms with Crippen molar-refractivity contribution in [2.24, 2.45) is 0 Å². The first kappa shape index (κ1) is 30.7. The second kappa shape index (κ2) is 13.7. The van der Waals surface area contributed by atoms with Crippen LogP contribution in [0.3, 0.4) is 0 Å². The smallest absolute Gasteiger partial charge is 0.416 e. The molecule has 4 aromatic rings. The molecule has 44 heavy (non-hydrogen) atoms. The number of alkyl halides is 3. The molecule has 0 saturated carbocycles. The van der Waals surface area contributed by atoms with E-state index in [1.165, 1.54) is 24.4 Å². The maximum Gasteiger partial charge on any atom is 0.416 e. The van der Waals surface area contributed by atoms with Gasteiger partial charge in [0, 0.05) is 42.3 Å². The van der Waals surface area contributed by atoms with Crippen LogP contribution in [0.25, 0.3) is 11.3 Å². The first-order chi connectivity index (χ1) is 21.2. The molecule has 2 N–H and O–H groups in total. The number of rotatable bonds is 9. The molecule has 1 aliphatic heterocycles. The number of carbonyl (C=O) groups excluding carboxylic acids is 2. The molecular weight excluding hydrogens is 571 g/mol. The number of aromatic nitrogens is 1. The van der Waals surface area contributed by atoms with Crippen LogP contribution in [-0.2, 0) is 23.9 Å². The third-order valence-electron chi connectivity index (χ3n) is 7.31. The molecule has 0 bridgehead atoms. The standard InChI is InChI=1S/C34H32F3N3O4/c1-2-22-5-3-7-24(17-22)33(42)40-30-10-9-28(44-27-12-15-43-16-13-27)20-29(30)31-19-25(11-14-38-31)32(41)39-21-23-6-4-8-26(18-23)34(35,36)37/h3-11,14,17-20,27H,2,12-13,15-16,21H2,1H3,(H,39,41)(H,40,42). The van der Waals surface area contributed by atoms with E-state index in [-0.39, 0.29) is 24.1 Å². The minimum absolute atomic E-state index is 0.0188. The topological polar surface area (TPSA) is 89.5 Å². The minimum atomic E-state index is -4.48. The SMILES string of the molecule is CCc1cccc(C(=O)Nc2ccc(OC3CCOCC3)cc2-c2cc(C(=O)NCc3cccc(C(F)(F)F)c3)ccn2)c1. The number of carbonyl (C=O) groups is 2. The molecule has 0 unspecified atom stereocenters. The quantitative estimate of drug-likeness (QED) is 0.214. The highest BCUT2D eigenvalue weighted by Crippen LogP contribution is 2.33. The predicted octanol–water partition coefficient (Wildman–Crippen LogP) is 7.07. The van der Waals surface area contributed by atoms with E-state index >= 15 is 0 Å². The summed E-state index contributed by atoms with van der Waals surface area (Å²) in [5.41, 5.74) is 2.76. The lowest BCUT2D eigenvalue weighted by Gasteiger charge is -2.24. The fourth-order valence-electron chi connectivity index (χ4n) is 4.89. The van der Waals surface area contributed by atoms with E-state index < -0.39 is 17.6 Å². The van der Waals surface area contributed by atoms with Gasteiger partial charge in [-0.3, -0.25) is 14.6 Å². The Balaban J connectivity index is 1.40. The fraction of sp³-hybridized carbons (Fsp3) is 0.265. The van der Waals surface area contributed by atoms with Crippen molar-refractivity contribution in [3.8, 4) is 17.0 Å². The molecular formula is C34H32F3N3O4. The number of ether oxygens (including phenoxy) is 2. The van der Waals surface area contributed by atoms with Crippen molar-refractivity contribution in [1.82, 2.24) is 10.3 Å². The van der Waals surface area contributed by atoms with Gasteiger partial charge < -0.3 is 20.1 Å². The van der Waals surface area contributed by atoms with Crippen molar-refractivity contribution in [1.29, 1.82) is 0 Å². The summed E-state index contributed by atoms with van der Waals surface area (Å²) in [5, 5.41) is 5.65. The molecule has 10 heteroatoms. The Labute approximate surface area is 253 Å². The highest BCUT2D eigenvalue weighted by molar-refractivity contribution is 6.06. The molecule has 1 aromatic heterocycles. The zero-order chi connectivity index (χ0) is 31.1. The minimum Gasteiger partial charge on any atom is -0.490 e. The van der Waals surface area contributed by atoms with Crippen molar-refractivity contribution in [3.05, 3.63) is 113 Å². The molecule has 1 saturated heterocycles. The number of aryl methyl sites for hydroxylation is 1. The zero-order valence-corrected chi connectivity index (χ0v) is 24.1. The molecule has 3 aromatic carbocycles. The van der Waals surface area contributed by atoms with Gasteiger partial charge in [-0.1, -0.05) is 31.2 Å². The number of benzene rings is 3. The van der Waals surface area contributed by atoms with Gasteiger partial charge in [0.1, 0.15) is 11.9 Å². The van der Waals surface area contributed by atoms with Crippen LogP contribution in [-0.4, -0.2) is 36.1 Å². The van der Waals surface area contributed by atoms with Crippen LogP contribution in [0, 0.1) is 0 Å². The van der Waals surface area contributed by atoms with Crippen LogP contribution >= 0.6 is 0 Å². The van der Waals surface area contributed by atoms with Crippen molar-refractivity contribution >= 4 is 17.5 Å². The Hall–Kier alpha value is -4.70. The highest BCUT2D eigenvalue weighted by atomic mass is 19.4. The molecule has 5 rings (SSSR count). The lowest BCUT2D eigenvalue weighted by atomic mass is 10.0. The summed E-state index contributed by atoms with van der Waals surface area (Å²) < 4.78 is 51.0. The summed E-state index contributed by atoms with van der Waals surface area (Å²) in [5.74, 6) is -0.198. The first-order valence-corrected chi connectivity index (χ1v) is 14.4. The number of amides is 2. The number of hydrogen-bond acceptors (Lipinski definition) is 5. The van der Waals surface area contributed by atoms with Crippen LogP contribution in [0.15, 0.2) is 85.1 Å². The number of nitrogens with zero attached hydrogens (tertiary/aromatic N) is 1. The second-order valence-electron chi connectivity index (χ2n) is 10.5. The van der Waals surface area contributed by atoms with E-state index in [2.05, 4.69) is 15.6 Å². The summed E-state index contributed by atoms with van der Waals surface area (Å²) in [6.07, 6.45) is -0.735. The maximum absolute atomic E-state index is 13.2. The highest BCUT2D eigenvalue weighted by Gasteiger charge is 2.30. The number of hydrogen-bond donors (Lipinski definition) is 2. The molecule has 0 spiro atoms. The Kier molecular flexibility index (Phi) is 9.59. The van der Waals surface area contributed by atoms with Gasteiger partial charge >= 0.3 is 6.18 Å². The Morgan fingerprint density at radius 3 is 2.43 bits per heavy atom. The van der Waals surface area contributed by atoms with Gasteiger partial charge in [0.15, 0.2) is 0 Å². The van der Waals surface area contributed by atoms with Crippen molar-refractivity contribution in [2.75, 3.05) is 18.5 Å². The lowest BCUT2D eigenvalue weighted by Crippen LogP contribution is -2.25. The van der Waals surface area contributed by atoms with E-state index in [4.69, 9.17) is 9.47 Å². The molecule has 1 fully saturated rings. The molecule has 0 aliphatic carbocycles. The van der Waals surface area contributed by atoms with Crippen molar-refractivity contribution in [3.63, 3.8) is 0 Å². The number of anilines is 1. The molecule has 7 nitrogen and oxygen atoms in total. The van der Waals surface area contributed by atoms with Gasteiger partial charge in [-0.15, -0.1) is 0 Å². The molecule has 1 aliphatic rings. The van der Waals surface area contributed by atoms with E-state index in [0.29, 0.717) is 47.0 Å². The molecule has 0 atom stereocenters. The average molecular weight is 604 g/mol. The van der Waals surface area contributed by atoms with Crippen LogP contribution in [0.5, 0.6) is 5.75 Å². The normalized spacial score (nSPS) is 13.7. The van der Waals surface area contributed by atoms with Gasteiger partial charge in [0.05, 0.1) is 30.2 Å². The Morgan fingerprint density at radius 1 is 0.909 bits per heavy atom. The third kappa shape index (κ3) is 7.82. The summed E-state index contributed by atoms with van der Waals surface area (Å²) in [6, 6.07) is 20.6. The molecule has 0 radical (unpaired) electrons.